The molecule has 2 N–H and O–H groups in total. The topological polar surface area (TPSA) is 74.2 Å². The molecule has 5 heteroatoms. The van der Waals surface area contributed by atoms with Gasteiger partial charge in [-0.15, -0.1) is 0 Å². The number of nitrogens with zero attached hydrogens (tertiary/aromatic N) is 2. The first-order valence-corrected chi connectivity index (χ1v) is 6.40. The molecule has 1 aliphatic heterocycles. The van der Waals surface area contributed by atoms with Gasteiger partial charge >= 0.3 is 0 Å². The number of hydrogen-bond donors (Lipinski definition) is 1. The summed E-state index contributed by atoms with van der Waals surface area (Å²) < 4.78 is 10.8. The standard InChI is InChI=1S/C12H21N3O2/c1-3-8(2)11(13)12-14-10(15-17-12)7-9-5-4-6-16-9/h8-9,11H,3-7,13H2,1-2H3/t8-,9?,11-/m0/s1. The van der Waals surface area contributed by atoms with Crippen molar-refractivity contribution in [1.82, 2.24) is 10.1 Å². The molecule has 0 aliphatic carbocycles. The van der Waals surface area contributed by atoms with Crippen molar-refractivity contribution in [2.45, 2.75) is 51.7 Å². The molecule has 1 aromatic rings. The van der Waals surface area contributed by atoms with Gasteiger partial charge < -0.3 is 15.0 Å². The summed E-state index contributed by atoms with van der Waals surface area (Å²) in [7, 11) is 0. The number of rotatable bonds is 5. The fourth-order valence-electron chi connectivity index (χ4n) is 1.99. The van der Waals surface area contributed by atoms with Crippen LogP contribution in [0.15, 0.2) is 4.52 Å². The molecule has 0 radical (unpaired) electrons. The Bertz CT molecular complexity index is 347. The summed E-state index contributed by atoms with van der Waals surface area (Å²) in [6.45, 7) is 5.05. The van der Waals surface area contributed by atoms with Gasteiger partial charge in [0.05, 0.1) is 12.1 Å². The molecule has 1 saturated heterocycles. The second-order valence-corrected chi connectivity index (χ2v) is 4.80. The lowest BCUT2D eigenvalue weighted by atomic mass is 10.0. The van der Waals surface area contributed by atoms with Gasteiger partial charge in [0.25, 0.3) is 0 Å². The minimum atomic E-state index is -0.161. The summed E-state index contributed by atoms with van der Waals surface area (Å²) in [4.78, 5) is 4.36. The van der Waals surface area contributed by atoms with Crippen molar-refractivity contribution in [2.75, 3.05) is 6.61 Å². The van der Waals surface area contributed by atoms with E-state index in [2.05, 4.69) is 24.0 Å². The van der Waals surface area contributed by atoms with Crippen LogP contribution in [-0.4, -0.2) is 22.9 Å². The highest BCUT2D eigenvalue weighted by molar-refractivity contribution is 4.95. The third kappa shape index (κ3) is 3.04. The molecule has 2 heterocycles. The zero-order chi connectivity index (χ0) is 12.3. The Balaban J connectivity index is 1.95. The molecule has 0 saturated carbocycles. The SMILES string of the molecule is CC[C@H](C)[C@H](N)c1nc(CC2CCCO2)no1. The molecule has 0 spiro atoms. The Hall–Kier alpha value is -0.940. The van der Waals surface area contributed by atoms with Crippen LogP contribution in [-0.2, 0) is 11.2 Å². The maximum atomic E-state index is 6.04. The van der Waals surface area contributed by atoms with Crippen LogP contribution in [0, 0.1) is 5.92 Å². The molecular formula is C12H21N3O2. The zero-order valence-electron chi connectivity index (χ0n) is 10.6. The highest BCUT2D eigenvalue weighted by Gasteiger charge is 2.22. The fourth-order valence-corrected chi connectivity index (χ4v) is 1.99. The van der Waals surface area contributed by atoms with Gasteiger partial charge in [-0.25, -0.2) is 0 Å². The van der Waals surface area contributed by atoms with Crippen molar-refractivity contribution >= 4 is 0 Å². The Morgan fingerprint density at radius 2 is 2.35 bits per heavy atom. The molecule has 2 rings (SSSR count). The van der Waals surface area contributed by atoms with Crippen LogP contribution in [0.5, 0.6) is 0 Å². The summed E-state index contributed by atoms with van der Waals surface area (Å²) in [6.07, 6.45) is 4.20. The smallest absolute Gasteiger partial charge is 0.243 e. The van der Waals surface area contributed by atoms with E-state index < -0.39 is 0 Å². The van der Waals surface area contributed by atoms with E-state index in [1.807, 2.05) is 0 Å². The second-order valence-electron chi connectivity index (χ2n) is 4.80. The molecule has 5 nitrogen and oxygen atoms in total. The van der Waals surface area contributed by atoms with Crippen LogP contribution in [0.2, 0.25) is 0 Å². The first-order valence-electron chi connectivity index (χ1n) is 6.40. The third-order valence-corrected chi connectivity index (χ3v) is 3.46. The van der Waals surface area contributed by atoms with Crippen molar-refractivity contribution in [1.29, 1.82) is 0 Å². The van der Waals surface area contributed by atoms with Gasteiger partial charge in [-0.2, -0.15) is 4.98 Å². The van der Waals surface area contributed by atoms with Crippen LogP contribution >= 0.6 is 0 Å². The van der Waals surface area contributed by atoms with E-state index in [1.165, 1.54) is 0 Å². The van der Waals surface area contributed by atoms with E-state index in [1.54, 1.807) is 0 Å². The quantitative estimate of drug-likeness (QED) is 0.848. The molecule has 0 bridgehead atoms. The maximum Gasteiger partial charge on any atom is 0.243 e. The van der Waals surface area contributed by atoms with Gasteiger partial charge in [-0.1, -0.05) is 25.4 Å². The lowest BCUT2D eigenvalue weighted by Crippen LogP contribution is -2.19. The summed E-state index contributed by atoms with van der Waals surface area (Å²) in [5, 5.41) is 3.97. The van der Waals surface area contributed by atoms with Crippen LogP contribution in [0.1, 0.15) is 50.9 Å². The lowest BCUT2D eigenvalue weighted by Gasteiger charge is -2.13. The minimum Gasteiger partial charge on any atom is -0.378 e. The molecule has 1 fully saturated rings. The van der Waals surface area contributed by atoms with Gasteiger partial charge in [0.15, 0.2) is 5.82 Å². The van der Waals surface area contributed by atoms with E-state index in [0.717, 1.165) is 32.3 Å². The number of nitrogens with two attached hydrogens (primary N) is 1. The predicted octanol–water partition coefficient (Wildman–Crippen LogP) is 1.84. The van der Waals surface area contributed by atoms with Gasteiger partial charge in [-0.3, -0.25) is 0 Å². The van der Waals surface area contributed by atoms with E-state index in [-0.39, 0.29) is 12.1 Å². The average Bonchev–Trinajstić information content (AvgIpc) is 2.99. The van der Waals surface area contributed by atoms with Gasteiger partial charge in [0.2, 0.25) is 5.89 Å². The highest BCUT2D eigenvalue weighted by atomic mass is 16.5. The summed E-state index contributed by atoms with van der Waals surface area (Å²) in [6, 6.07) is -0.161. The Morgan fingerprint density at radius 1 is 1.53 bits per heavy atom. The molecule has 1 aromatic heterocycles. The molecule has 0 amide bonds. The molecule has 0 aromatic carbocycles. The molecule has 96 valence electrons. The normalized spacial score (nSPS) is 23.8. The zero-order valence-corrected chi connectivity index (χ0v) is 10.6. The number of hydrogen-bond acceptors (Lipinski definition) is 5. The number of ether oxygens (including phenoxy) is 1. The van der Waals surface area contributed by atoms with Crippen LogP contribution in [0.3, 0.4) is 0 Å². The largest absolute Gasteiger partial charge is 0.378 e. The Labute approximate surface area is 102 Å². The van der Waals surface area contributed by atoms with Gasteiger partial charge in [0, 0.05) is 13.0 Å². The summed E-state index contributed by atoms with van der Waals surface area (Å²) in [5.74, 6) is 1.61. The van der Waals surface area contributed by atoms with Crippen molar-refractivity contribution in [3.63, 3.8) is 0 Å². The molecule has 17 heavy (non-hydrogen) atoms. The monoisotopic (exact) mass is 239 g/mol. The predicted molar refractivity (Wildman–Crippen MR) is 63.4 cm³/mol. The lowest BCUT2D eigenvalue weighted by molar-refractivity contribution is 0.109. The molecule has 1 aliphatic rings. The van der Waals surface area contributed by atoms with Crippen molar-refractivity contribution in [2.24, 2.45) is 11.7 Å². The summed E-state index contributed by atoms with van der Waals surface area (Å²) in [5.41, 5.74) is 6.04. The molecule has 1 unspecified atom stereocenters. The average molecular weight is 239 g/mol. The van der Waals surface area contributed by atoms with E-state index in [4.69, 9.17) is 15.0 Å². The molecule has 3 atom stereocenters. The van der Waals surface area contributed by atoms with Crippen LogP contribution in [0.25, 0.3) is 0 Å². The van der Waals surface area contributed by atoms with Crippen molar-refractivity contribution in [3.05, 3.63) is 11.7 Å². The summed E-state index contributed by atoms with van der Waals surface area (Å²) >= 11 is 0. The van der Waals surface area contributed by atoms with Crippen molar-refractivity contribution < 1.29 is 9.26 Å². The Morgan fingerprint density at radius 3 is 3.00 bits per heavy atom. The second kappa shape index (κ2) is 5.60. The van der Waals surface area contributed by atoms with Crippen molar-refractivity contribution in [3.8, 4) is 0 Å². The van der Waals surface area contributed by atoms with Crippen LogP contribution in [0.4, 0.5) is 0 Å². The minimum absolute atomic E-state index is 0.161. The van der Waals surface area contributed by atoms with E-state index in [9.17, 15) is 0 Å². The van der Waals surface area contributed by atoms with Crippen LogP contribution < -0.4 is 5.73 Å². The maximum absolute atomic E-state index is 6.04. The molecular weight excluding hydrogens is 218 g/mol. The Kier molecular flexibility index (Phi) is 4.12. The number of aromatic nitrogens is 2. The highest BCUT2D eigenvalue weighted by Crippen LogP contribution is 2.21. The van der Waals surface area contributed by atoms with E-state index >= 15 is 0 Å². The van der Waals surface area contributed by atoms with Gasteiger partial charge in [0.1, 0.15) is 0 Å². The van der Waals surface area contributed by atoms with Gasteiger partial charge in [-0.05, 0) is 18.8 Å². The fraction of sp³-hybridized carbons (Fsp3) is 0.833. The third-order valence-electron chi connectivity index (χ3n) is 3.46. The first kappa shape index (κ1) is 12.5. The first-order chi connectivity index (χ1) is 8.20. The van der Waals surface area contributed by atoms with E-state index in [0.29, 0.717) is 17.6 Å².